The van der Waals surface area contributed by atoms with E-state index >= 15 is 0 Å². The predicted molar refractivity (Wildman–Crippen MR) is 107 cm³/mol. The molecule has 150 valence electrons. The van der Waals surface area contributed by atoms with Crippen molar-refractivity contribution in [1.29, 1.82) is 0 Å². The molecule has 7 heteroatoms. The molecule has 2 aliphatic rings. The molecular formula is C21H27FN4O2. The molecule has 1 N–H and O–H groups in total. The molecule has 0 atom stereocenters. The van der Waals surface area contributed by atoms with Crippen LogP contribution in [0, 0.1) is 11.7 Å². The summed E-state index contributed by atoms with van der Waals surface area (Å²) in [6.07, 6.45) is 7.20. The summed E-state index contributed by atoms with van der Waals surface area (Å²) in [5.41, 5.74) is 2.01. The van der Waals surface area contributed by atoms with E-state index in [0.717, 1.165) is 56.7 Å². The summed E-state index contributed by atoms with van der Waals surface area (Å²) in [5, 5.41) is 3.13. The Bertz CT molecular complexity index is 760. The largest absolute Gasteiger partial charge is 0.475 e. The van der Waals surface area contributed by atoms with Gasteiger partial charge in [0.15, 0.2) is 0 Å². The number of nitrogens with zero attached hydrogens (tertiary/aromatic N) is 3. The molecule has 28 heavy (non-hydrogen) atoms. The Kier molecular flexibility index (Phi) is 6.21. The minimum Gasteiger partial charge on any atom is -0.475 e. The van der Waals surface area contributed by atoms with Gasteiger partial charge in [-0.1, -0.05) is 19.3 Å². The normalized spacial score (nSPS) is 18.1. The predicted octanol–water partition coefficient (Wildman–Crippen LogP) is 4.16. The number of benzene rings is 1. The molecular weight excluding hydrogens is 359 g/mol. The zero-order valence-electron chi connectivity index (χ0n) is 16.1. The lowest BCUT2D eigenvalue weighted by Crippen LogP contribution is -2.36. The summed E-state index contributed by atoms with van der Waals surface area (Å²) in [6.45, 7) is 3.83. The second-order valence-electron chi connectivity index (χ2n) is 7.43. The van der Waals surface area contributed by atoms with E-state index in [9.17, 15) is 4.39 Å². The second-order valence-corrected chi connectivity index (χ2v) is 7.43. The molecule has 0 bridgehead atoms. The summed E-state index contributed by atoms with van der Waals surface area (Å²) in [4.78, 5) is 10.5. The highest BCUT2D eigenvalue weighted by Gasteiger charge is 2.16. The van der Waals surface area contributed by atoms with E-state index in [1.165, 1.54) is 19.3 Å². The summed E-state index contributed by atoms with van der Waals surface area (Å²) in [7, 11) is 0. The minimum atomic E-state index is -0.524. The Hall–Kier alpha value is -2.41. The fraction of sp³-hybridized carbons (Fsp3) is 0.524. The number of anilines is 3. The first kappa shape index (κ1) is 18.9. The first-order chi connectivity index (χ1) is 13.8. The Labute approximate surface area is 165 Å². The number of hydrogen-bond acceptors (Lipinski definition) is 6. The Balaban J connectivity index is 1.37. The molecule has 0 radical (unpaired) electrons. The molecule has 0 amide bonds. The summed E-state index contributed by atoms with van der Waals surface area (Å²) < 4.78 is 25.1. The first-order valence-corrected chi connectivity index (χ1v) is 10.1. The van der Waals surface area contributed by atoms with Crippen LogP contribution < -0.4 is 15.0 Å². The van der Waals surface area contributed by atoms with Gasteiger partial charge in [-0.3, -0.25) is 0 Å². The molecule has 1 aliphatic heterocycles. The van der Waals surface area contributed by atoms with Gasteiger partial charge in [0, 0.05) is 24.5 Å². The van der Waals surface area contributed by atoms with Crippen LogP contribution in [0.3, 0.4) is 0 Å². The zero-order chi connectivity index (χ0) is 19.2. The molecule has 6 nitrogen and oxygen atoms in total. The molecule has 1 saturated heterocycles. The fourth-order valence-corrected chi connectivity index (χ4v) is 3.77. The first-order valence-electron chi connectivity index (χ1n) is 10.1. The van der Waals surface area contributed by atoms with Gasteiger partial charge in [0.2, 0.25) is 11.8 Å². The molecule has 2 heterocycles. The van der Waals surface area contributed by atoms with Gasteiger partial charge < -0.3 is 19.7 Å². The van der Waals surface area contributed by atoms with Crippen molar-refractivity contribution in [3.8, 4) is 5.88 Å². The molecule has 4 rings (SSSR count). The monoisotopic (exact) mass is 386 g/mol. The zero-order valence-corrected chi connectivity index (χ0v) is 16.1. The minimum absolute atomic E-state index is 0.0213. The molecule has 1 aliphatic carbocycles. The highest BCUT2D eigenvalue weighted by atomic mass is 19.1. The van der Waals surface area contributed by atoms with E-state index in [4.69, 9.17) is 9.47 Å². The van der Waals surface area contributed by atoms with Crippen LogP contribution in [0.15, 0.2) is 30.5 Å². The number of nitrogens with one attached hydrogen (secondary N) is 1. The SMILES string of the molecule is Fc1cnc(Nc2ccc(N3CCOCC3)cc2)nc1OCC1CCCCC1. The molecule has 0 unspecified atom stereocenters. The van der Waals surface area contributed by atoms with Gasteiger partial charge >= 0.3 is 0 Å². The number of halogens is 1. The fourth-order valence-electron chi connectivity index (χ4n) is 3.77. The highest BCUT2D eigenvalue weighted by Crippen LogP contribution is 2.26. The number of rotatable bonds is 6. The topological polar surface area (TPSA) is 59.5 Å². The standard InChI is InChI=1S/C21H27FN4O2/c22-19-14-23-21(25-20(19)28-15-16-4-2-1-3-5-16)24-17-6-8-18(9-7-17)26-10-12-27-13-11-26/h6-9,14,16H,1-5,10-13,15H2,(H,23,24,25). The molecule has 2 aromatic rings. The van der Waals surface area contributed by atoms with E-state index in [-0.39, 0.29) is 5.88 Å². The smallest absolute Gasteiger partial charge is 0.255 e. The van der Waals surface area contributed by atoms with E-state index in [0.29, 0.717) is 18.5 Å². The summed E-state index contributed by atoms with van der Waals surface area (Å²) in [5.74, 6) is 0.323. The lowest BCUT2D eigenvalue weighted by atomic mass is 9.90. The van der Waals surface area contributed by atoms with Crippen molar-refractivity contribution >= 4 is 17.3 Å². The van der Waals surface area contributed by atoms with Crippen molar-refractivity contribution in [1.82, 2.24) is 9.97 Å². The Morgan fingerprint density at radius 3 is 2.61 bits per heavy atom. The van der Waals surface area contributed by atoms with E-state index in [2.05, 4.69) is 32.3 Å². The van der Waals surface area contributed by atoms with Crippen molar-refractivity contribution in [3.63, 3.8) is 0 Å². The van der Waals surface area contributed by atoms with Gasteiger partial charge in [-0.15, -0.1) is 0 Å². The quantitative estimate of drug-likeness (QED) is 0.805. The summed E-state index contributed by atoms with van der Waals surface area (Å²) in [6, 6.07) is 8.05. The molecule has 2 fully saturated rings. The number of aromatic nitrogens is 2. The average molecular weight is 386 g/mol. The van der Waals surface area contributed by atoms with Crippen molar-refractivity contribution in [2.45, 2.75) is 32.1 Å². The maximum absolute atomic E-state index is 14.0. The van der Waals surface area contributed by atoms with Crippen LogP contribution in [-0.2, 0) is 4.74 Å². The van der Waals surface area contributed by atoms with Crippen molar-refractivity contribution in [2.24, 2.45) is 5.92 Å². The highest BCUT2D eigenvalue weighted by molar-refractivity contribution is 5.59. The van der Waals surface area contributed by atoms with Gasteiger partial charge in [-0.25, -0.2) is 4.98 Å². The van der Waals surface area contributed by atoms with Crippen LogP contribution in [0.25, 0.3) is 0 Å². The van der Waals surface area contributed by atoms with E-state index < -0.39 is 5.82 Å². The number of hydrogen-bond donors (Lipinski definition) is 1. The van der Waals surface area contributed by atoms with Crippen LogP contribution >= 0.6 is 0 Å². The van der Waals surface area contributed by atoms with Crippen molar-refractivity contribution in [2.75, 3.05) is 43.1 Å². The van der Waals surface area contributed by atoms with E-state index in [1.54, 1.807) is 0 Å². The van der Waals surface area contributed by atoms with Crippen LogP contribution in [0.1, 0.15) is 32.1 Å². The Morgan fingerprint density at radius 1 is 1.11 bits per heavy atom. The van der Waals surface area contributed by atoms with Crippen LogP contribution in [-0.4, -0.2) is 42.9 Å². The van der Waals surface area contributed by atoms with E-state index in [1.807, 2.05) is 12.1 Å². The van der Waals surface area contributed by atoms with Crippen molar-refractivity contribution in [3.05, 3.63) is 36.3 Å². The van der Waals surface area contributed by atoms with Gasteiger partial charge in [-0.2, -0.15) is 9.37 Å². The third kappa shape index (κ3) is 4.90. The van der Waals surface area contributed by atoms with Crippen molar-refractivity contribution < 1.29 is 13.9 Å². The number of ether oxygens (including phenoxy) is 2. The lowest BCUT2D eigenvalue weighted by Gasteiger charge is -2.28. The van der Waals surface area contributed by atoms with Crippen LogP contribution in [0.2, 0.25) is 0 Å². The second kappa shape index (κ2) is 9.19. The van der Waals surface area contributed by atoms with Gasteiger partial charge in [0.1, 0.15) is 0 Å². The third-order valence-corrected chi connectivity index (χ3v) is 5.39. The summed E-state index contributed by atoms with van der Waals surface area (Å²) >= 11 is 0. The van der Waals surface area contributed by atoms with Crippen LogP contribution in [0.5, 0.6) is 5.88 Å². The molecule has 1 aromatic heterocycles. The average Bonchev–Trinajstić information content (AvgIpc) is 2.76. The van der Waals surface area contributed by atoms with Gasteiger partial charge in [0.05, 0.1) is 26.0 Å². The van der Waals surface area contributed by atoms with Gasteiger partial charge in [0.25, 0.3) is 5.88 Å². The maximum atomic E-state index is 14.0. The maximum Gasteiger partial charge on any atom is 0.255 e. The lowest BCUT2D eigenvalue weighted by molar-refractivity contribution is 0.122. The third-order valence-electron chi connectivity index (χ3n) is 5.39. The van der Waals surface area contributed by atoms with Gasteiger partial charge in [-0.05, 0) is 43.0 Å². The number of morpholine rings is 1. The molecule has 1 saturated carbocycles. The van der Waals surface area contributed by atoms with Crippen LogP contribution in [0.4, 0.5) is 21.7 Å². The molecule has 0 spiro atoms. The Morgan fingerprint density at radius 2 is 1.86 bits per heavy atom. The molecule has 1 aromatic carbocycles.